The Morgan fingerprint density at radius 1 is 1.14 bits per heavy atom. The maximum absolute atomic E-state index is 11.8. The fraction of sp³-hybridized carbons (Fsp3) is 0.0714. The van der Waals surface area contributed by atoms with Crippen LogP contribution in [0.2, 0.25) is 5.15 Å². The van der Waals surface area contributed by atoms with Crippen LogP contribution in [0.3, 0.4) is 0 Å². The van der Waals surface area contributed by atoms with E-state index in [1.165, 1.54) is 0 Å². The van der Waals surface area contributed by atoms with Gasteiger partial charge in [0.05, 0.1) is 5.56 Å². The van der Waals surface area contributed by atoms with Gasteiger partial charge in [-0.25, -0.2) is 9.78 Å². The molecule has 6 nitrogen and oxygen atoms in total. The van der Waals surface area contributed by atoms with Crippen molar-refractivity contribution in [2.75, 3.05) is 0 Å². The number of esters is 1. The van der Waals surface area contributed by atoms with E-state index >= 15 is 0 Å². The summed E-state index contributed by atoms with van der Waals surface area (Å²) in [7, 11) is 0. The number of carbonyl (C=O) groups excluding carboxylic acids is 1. The molecule has 110 valence electrons. The molecule has 0 saturated heterocycles. The minimum atomic E-state index is -0.414. The van der Waals surface area contributed by atoms with Gasteiger partial charge in [-0.05, 0) is 35.8 Å². The summed E-state index contributed by atoms with van der Waals surface area (Å²) in [4.78, 5) is 16.1. The Kier molecular flexibility index (Phi) is 4.36. The zero-order valence-electron chi connectivity index (χ0n) is 11.1. The van der Waals surface area contributed by atoms with Crippen LogP contribution in [0, 0.1) is 0 Å². The number of halogens is 1. The molecule has 1 aromatic carbocycles. The van der Waals surface area contributed by atoms with Crippen LogP contribution in [0.4, 0.5) is 0 Å². The van der Waals surface area contributed by atoms with Crippen LogP contribution < -0.4 is 0 Å². The molecule has 0 atom stereocenters. The molecule has 3 rings (SSSR count). The molecular formula is C14H9ClN4O2S. The van der Waals surface area contributed by atoms with Gasteiger partial charge in [0.2, 0.25) is 0 Å². The summed E-state index contributed by atoms with van der Waals surface area (Å²) in [6, 6.07) is 12.1. The van der Waals surface area contributed by atoms with Gasteiger partial charge in [-0.15, -0.1) is 10.2 Å². The van der Waals surface area contributed by atoms with Crippen LogP contribution in [0.5, 0.6) is 0 Å². The maximum atomic E-state index is 11.8. The third-order valence-electron chi connectivity index (χ3n) is 2.66. The lowest BCUT2D eigenvalue weighted by Crippen LogP contribution is -2.05. The van der Waals surface area contributed by atoms with Crippen LogP contribution in [0.15, 0.2) is 42.5 Å². The van der Waals surface area contributed by atoms with Crippen molar-refractivity contribution in [2.45, 2.75) is 6.61 Å². The molecule has 22 heavy (non-hydrogen) atoms. The van der Waals surface area contributed by atoms with E-state index in [4.69, 9.17) is 16.3 Å². The Morgan fingerprint density at radius 3 is 2.68 bits per heavy atom. The summed E-state index contributed by atoms with van der Waals surface area (Å²) in [5, 5.41) is 8.57. The first kappa shape index (κ1) is 14.6. The van der Waals surface area contributed by atoms with E-state index in [-0.39, 0.29) is 6.61 Å². The zero-order chi connectivity index (χ0) is 15.4. The van der Waals surface area contributed by atoms with E-state index in [1.807, 2.05) is 6.07 Å². The fourth-order valence-electron chi connectivity index (χ4n) is 1.63. The molecule has 0 radical (unpaired) electrons. The topological polar surface area (TPSA) is 77.9 Å². The molecule has 8 heteroatoms. The lowest BCUT2D eigenvalue weighted by molar-refractivity contribution is 0.0463. The first-order valence-electron chi connectivity index (χ1n) is 6.27. The lowest BCUT2D eigenvalue weighted by atomic mass is 10.2. The number of carbonyl (C=O) groups is 1. The number of rotatable bonds is 4. The third-order valence-corrected chi connectivity index (χ3v) is 3.64. The molecule has 0 bridgehead atoms. The predicted molar refractivity (Wildman–Crippen MR) is 81.5 cm³/mol. The largest absolute Gasteiger partial charge is 0.454 e. The van der Waals surface area contributed by atoms with Crippen LogP contribution in [0.1, 0.15) is 16.2 Å². The number of nitrogens with zero attached hydrogens (tertiary/aromatic N) is 4. The minimum Gasteiger partial charge on any atom is -0.454 e. The van der Waals surface area contributed by atoms with E-state index in [2.05, 4.69) is 19.6 Å². The molecule has 2 heterocycles. The number of benzene rings is 1. The quantitative estimate of drug-likeness (QED) is 0.683. The second kappa shape index (κ2) is 6.59. The molecule has 0 amide bonds. The van der Waals surface area contributed by atoms with Gasteiger partial charge in [0.1, 0.15) is 5.69 Å². The van der Waals surface area contributed by atoms with Crippen molar-refractivity contribution in [3.63, 3.8) is 0 Å². The second-order valence-corrected chi connectivity index (χ2v) is 5.34. The van der Waals surface area contributed by atoms with Crippen LogP contribution in [-0.2, 0) is 11.3 Å². The molecular weight excluding hydrogens is 324 g/mol. The summed E-state index contributed by atoms with van der Waals surface area (Å²) >= 11 is 6.84. The highest BCUT2D eigenvalue weighted by Gasteiger charge is 2.11. The van der Waals surface area contributed by atoms with Gasteiger partial charge in [0.25, 0.3) is 0 Å². The Morgan fingerprint density at radius 2 is 1.95 bits per heavy atom. The maximum Gasteiger partial charge on any atom is 0.338 e. The monoisotopic (exact) mass is 332 g/mol. The van der Waals surface area contributed by atoms with Gasteiger partial charge in [0.15, 0.2) is 22.6 Å². The standard InChI is InChI=1S/C14H9ClN4O2S/c15-11-7-6-10(17-18-11)13-16-12(19-22-13)8-21-14(20)9-4-2-1-3-5-9/h1-7H,8H2. The summed E-state index contributed by atoms with van der Waals surface area (Å²) in [6.45, 7) is 0.00520. The number of hydrogen-bond acceptors (Lipinski definition) is 7. The summed E-state index contributed by atoms with van der Waals surface area (Å²) in [5.41, 5.74) is 1.06. The van der Waals surface area contributed by atoms with E-state index in [0.717, 1.165) is 11.5 Å². The molecule has 0 aliphatic heterocycles. The second-order valence-electron chi connectivity index (χ2n) is 4.20. The van der Waals surface area contributed by atoms with Crippen molar-refractivity contribution in [2.24, 2.45) is 0 Å². The van der Waals surface area contributed by atoms with Crippen molar-refractivity contribution >= 4 is 29.1 Å². The highest BCUT2D eigenvalue weighted by atomic mass is 35.5. The SMILES string of the molecule is O=C(OCc1nsc(-c2ccc(Cl)nn2)n1)c1ccccc1. The summed E-state index contributed by atoms with van der Waals surface area (Å²) in [5.74, 6) is 0.00395. The Bertz CT molecular complexity index is 777. The Hall–Kier alpha value is -2.38. The minimum absolute atomic E-state index is 0.00520. The molecule has 0 aliphatic carbocycles. The van der Waals surface area contributed by atoms with Crippen molar-refractivity contribution in [3.05, 3.63) is 59.0 Å². The number of aromatic nitrogens is 4. The van der Waals surface area contributed by atoms with Crippen LogP contribution >= 0.6 is 23.1 Å². The van der Waals surface area contributed by atoms with Gasteiger partial charge in [-0.3, -0.25) is 0 Å². The van der Waals surface area contributed by atoms with Crippen molar-refractivity contribution in [1.29, 1.82) is 0 Å². The summed E-state index contributed by atoms with van der Waals surface area (Å²) in [6.07, 6.45) is 0. The lowest BCUT2D eigenvalue weighted by Gasteiger charge is -2.01. The van der Waals surface area contributed by atoms with E-state index in [0.29, 0.717) is 27.2 Å². The fourth-order valence-corrected chi connectivity index (χ4v) is 2.37. The first-order valence-corrected chi connectivity index (χ1v) is 7.42. The van der Waals surface area contributed by atoms with E-state index < -0.39 is 5.97 Å². The van der Waals surface area contributed by atoms with Crippen LogP contribution in [-0.4, -0.2) is 25.5 Å². The normalized spacial score (nSPS) is 10.4. The Labute approximate surface area is 134 Å². The molecule has 2 aromatic heterocycles. The van der Waals surface area contributed by atoms with Gasteiger partial charge < -0.3 is 4.74 Å². The average molecular weight is 333 g/mol. The van der Waals surface area contributed by atoms with Crippen molar-refractivity contribution in [1.82, 2.24) is 19.6 Å². The Balaban J connectivity index is 1.65. The highest BCUT2D eigenvalue weighted by molar-refractivity contribution is 7.09. The number of hydrogen-bond donors (Lipinski definition) is 0. The van der Waals surface area contributed by atoms with Crippen molar-refractivity contribution in [3.8, 4) is 10.7 Å². The molecule has 3 aromatic rings. The predicted octanol–water partition coefficient (Wildman–Crippen LogP) is 3.01. The van der Waals surface area contributed by atoms with Crippen LogP contribution in [0.25, 0.3) is 10.7 Å². The molecule has 0 spiro atoms. The molecule has 0 fully saturated rings. The van der Waals surface area contributed by atoms with Gasteiger partial charge >= 0.3 is 5.97 Å². The van der Waals surface area contributed by atoms with Crippen molar-refractivity contribution < 1.29 is 9.53 Å². The zero-order valence-corrected chi connectivity index (χ0v) is 12.7. The van der Waals surface area contributed by atoms with E-state index in [9.17, 15) is 4.79 Å². The average Bonchev–Trinajstić information content (AvgIpc) is 3.03. The number of ether oxygens (including phenoxy) is 1. The molecule has 0 aliphatic rings. The van der Waals surface area contributed by atoms with E-state index in [1.54, 1.807) is 36.4 Å². The first-order chi connectivity index (χ1) is 10.7. The molecule has 0 saturated carbocycles. The van der Waals surface area contributed by atoms with Gasteiger partial charge in [-0.2, -0.15) is 4.37 Å². The smallest absolute Gasteiger partial charge is 0.338 e. The van der Waals surface area contributed by atoms with Gasteiger partial charge in [0, 0.05) is 0 Å². The summed E-state index contributed by atoms with van der Waals surface area (Å²) < 4.78 is 9.30. The van der Waals surface area contributed by atoms with Gasteiger partial charge in [-0.1, -0.05) is 29.8 Å². The molecule has 0 unspecified atom stereocenters. The molecule has 0 N–H and O–H groups in total. The highest BCUT2D eigenvalue weighted by Crippen LogP contribution is 2.19. The third kappa shape index (κ3) is 3.44.